The van der Waals surface area contributed by atoms with Gasteiger partial charge in [0.25, 0.3) is 0 Å². The van der Waals surface area contributed by atoms with Gasteiger partial charge in [-0.15, -0.1) is 0 Å². The summed E-state index contributed by atoms with van der Waals surface area (Å²) in [6.45, 7) is 0.955. The van der Waals surface area contributed by atoms with Crippen molar-refractivity contribution in [2.24, 2.45) is 11.5 Å². The average Bonchev–Trinajstić information content (AvgIpc) is 2.66. The van der Waals surface area contributed by atoms with Crippen LogP contribution in [0.1, 0.15) is 39.0 Å². The highest BCUT2D eigenvalue weighted by Crippen LogP contribution is 2.04. The molecule has 0 aromatic heterocycles. The Morgan fingerprint density at radius 2 is 1.53 bits per heavy atom. The molecule has 172 valence electrons. The van der Waals surface area contributed by atoms with E-state index in [-0.39, 0.29) is 19.3 Å². The largest absolute Gasteiger partial charge is 0.481 e. The smallest absolute Gasteiger partial charge is 0.322 e. The zero-order valence-corrected chi connectivity index (χ0v) is 16.8. The van der Waals surface area contributed by atoms with Crippen LogP contribution in [0.3, 0.4) is 0 Å². The number of carboxylic acids is 2. The fraction of sp³-hybridized carbons (Fsp3) is 0.706. The number of aliphatic hydroxyl groups is 1. The van der Waals surface area contributed by atoms with Crippen molar-refractivity contribution in [1.29, 1.82) is 0 Å². The lowest BCUT2D eigenvalue weighted by Crippen LogP contribution is -2.59. The number of carboxylic acid groups (broad SMARTS) is 2. The van der Waals surface area contributed by atoms with Crippen LogP contribution in [-0.2, 0) is 24.0 Å². The molecule has 3 amide bonds. The molecule has 0 aliphatic rings. The van der Waals surface area contributed by atoms with E-state index in [0.29, 0.717) is 19.4 Å². The number of unbranched alkanes of at least 4 members (excludes halogenated alkanes) is 1. The summed E-state index contributed by atoms with van der Waals surface area (Å²) in [5.74, 6) is -4.87. The van der Waals surface area contributed by atoms with Gasteiger partial charge < -0.3 is 42.7 Å². The number of nitrogens with one attached hydrogen (secondary N) is 3. The summed E-state index contributed by atoms with van der Waals surface area (Å²) in [7, 11) is 0. The van der Waals surface area contributed by atoms with E-state index < -0.39 is 60.4 Å². The van der Waals surface area contributed by atoms with Crippen LogP contribution in [0.5, 0.6) is 0 Å². The first-order chi connectivity index (χ1) is 14.0. The van der Waals surface area contributed by atoms with E-state index in [2.05, 4.69) is 16.0 Å². The van der Waals surface area contributed by atoms with Gasteiger partial charge in [-0.3, -0.25) is 24.0 Å². The summed E-state index contributed by atoms with van der Waals surface area (Å²) in [6.07, 6.45) is -0.692. The van der Waals surface area contributed by atoms with E-state index in [1.807, 2.05) is 0 Å². The summed E-state index contributed by atoms with van der Waals surface area (Å²) < 4.78 is 0. The monoisotopic (exact) mass is 433 g/mol. The molecule has 0 fully saturated rings. The van der Waals surface area contributed by atoms with E-state index >= 15 is 0 Å². The number of hydrogen-bond acceptors (Lipinski definition) is 8. The van der Waals surface area contributed by atoms with Gasteiger partial charge in [0.15, 0.2) is 0 Å². The third kappa shape index (κ3) is 11.3. The Bertz CT molecular complexity index is 613. The summed E-state index contributed by atoms with van der Waals surface area (Å²) in [6, 6.07) is -3.78. The summed E-state index contributed by atoms with van der Waals surface area (Å²) >= 11 is 0. The van der Waals surface area contributed by atoms with Crippen molar-refractivity contribution >= 4 is 29.7 Å². The molecule has 0 heterocycles. The van der Waals surface area contributed by atoms with Crippen LogP contribution in [0.2, 0.25) is 0 Å². The Morgan fingerprint density at radius 3 is 2.03 bits per heavy atom. The lowest BCUT2D eigenvalue weighted by Gasteiger charge is -2.25. The van der Waals surface area contributed by atoms with Crippen LogP contribution in [0.4, 0.5) is 0 Å². The highest BCUT2D eigenvalue weighted by Gasteiger charge is 2.31. The minimum Gasteiger partial charge on any atom is -0.481 e. The Kier molecular flexibility index (Phi) is 12.9. The van der Waals surface area contributed by atoms with Gasteiger partial charge in [0, 0.05) is 6.42 Å². The van der Waals surface area contributed by atoms with Gasteiger partial charge >= 0.3 is 11.9 Å². The molecule has 0 aliphatic heterocycles. The van der Waals surface area contributed by atoms with Gasteiger partial charge in [0.05, 0.1) is 12.1 Å². The lowest BCUT2D eigenvalue weighted by molar-refractivity contribution is -0.139. The number of carbonyl (C=O) groups is 5. The maximum atomic E-state index is 12.6. The minimum atomic E-state index is -1.46. The van der Waals surface area contributed by atoms with Crippen LogP contribution < -0.4 is 27.4 Å². The van der Waals surface area contributed by atoms with Gasteiger partial charge in [0.1, 0.15) is 18.6 Å². The summed E-state index contributed by atoms with van der Waals surface area (Å²) in [5.41, 5.74) is 11.0. The van der Waals surface area contributed by atoms with Gasteiger partial charge in [-0.05, 0) is 39.2 Å². The Balaban J connectivity index is 5.11. The number of nitrogens with two attached hydrogens (primary N) is 2. The van der Waals surface area contributed by atoms with Crippen LogP contribution in [-0.4, -0.2) is 82.3 Å². The molecule has 0 saturated carbocycles. The fourth-order valence-corrected chi connectivity index (χ4v) is 2.38. The van der Waals surface area contributed by atoms with Crippen LogP contribution in [0.15, 0.2) is 0 Å². The molecule has 4 unspecified atom stereocenters. The van der Waals surface area contributed by atoms with Crippen molar-refractivity contribution in [3.05, 3.63) is 0 Å². The van der Waals surface area contributed by atoms with Gasteiger partial charge in [-0.25, -0.2) is 0 Å². The molecule has 0 saturated heterocycles. The minimum absolute atomic E-state index is 0.160. The maximum absolute atomic E-state index is 12.6. The normalized spacial score (nSPS) is 14.7. The first kappa shape index (κ1) is 27.2. The predicted molar refractivity (Wildman–Crippen MR) is 104 cm³/mol. The van der Waals surface area contributed by atoms with Crippen LogP contribution in [0, 0.1) is 0 Å². The number of hydrogen-bond donors (Lipinski definition) is 8. The van der Waals surface area contributed by atoms with Gasteiger partial charge in [-0.2, -0.15) is 0 Å². The molecule has 10 N–H and O–H groups in total. The summed E-state index contributed by atoms with van der Waals surface area (Å²) in [5, 5.41) is 34.0. The molecule has 0 aromatic carbocycles. The number of carbonyl (C=O) groups excluding carboxylic acids is 3. The zero-order chi connectivity index (χ0) is 23.3. The topological polar surface area (TPSA) is 234 Å². The van der Waals surface area contributed by atoms with Crippen molar-refractivity contribution < 1.29 is 39.3 Å². The Hall–Kier alpha value is -2.77. The number of rotatable bonds is 15. The van der Waals surface area contributed by atoms with Crippen LogP contribution >= 0.6 is 0 Å². The zero-order valence-electron chi connectivity index (χ0n) is 16.8. The standard InChI is InChI=1S/C17H31N5O8/c1-9(23)14(22-15(28)10(19)5-6-12(24)25)17(30)21-11(4-2-3-7-18)16(29)20-8-13(26)27/h9-11,14,23H,2-8,18-19H2,1H3,(H,20,29)(H,21,30)(H,22,28)(H,24,25)(H,26,27). The van der Waals surface area contributed by atoms with Crippen molar-refractivity contribution in [2.75, 3.05) is 13.1 Å². The highest BCUT2D eigenvalue weighted by molar-refractivity contribution is 5.94. The third-order valence-corrected chi connectivity index (χ3v) is 4.06. The first-order valence-corrected chi connectivity index (χ1v) is 9.45. The SMILES string of the molecule is CC(O)C(NC(=O)C(N)CCC(=O)O)C(=O)NC(CCCCN)C(=O)NCC(=O)O. The maximum Gasteiger partial charge on any atom is 0.322 e. The van der Waals surface area contributed by atoms with E-state index in [0.717, 1.165) is 0 Å². The molecular formula is C17H31N5O8. The molecule has 0 aliphatic carbocycles. The number of aliphatic carboxylic acids is 2. The molecule has 4 atom stereocenters. The highest BCUT2D eigenvalue weighted by atomic mass is 16.4. The number of amides is 3. The van der Waals surface area contributed by atoms with E-state index in [1.54, 1.807) is 0 Å². The molecule has 0 spiro atoms. The van der Waals surface area contributed by atoms with Crippen molar-refractivity contribution in [2.45, 2.75) is 63.3 Å². The Morgan fingerprint density at radius 1 is 0.900 bits per heavy atom. The molecule has 0 radical (unpaired) electrons. The average molecular weight is 433 g/mol. The second-order valence-corrected chi connectivity index (χ2v) is 6.72. The quantitative estimate of drug-likeness (QED) is 0.121. The Labute approximate surface area is 173 Å². The second kappa shape index (κ2) is 14.3. The third-order valence-electron chi connectivity index (χ3n) is 4.06. The van der Waals surface area contributed by atoms with Gasteiger partial charge in [-0.1, -0.05) is 0 Å². The second-order valence-electron chi connectivity index (χ2n) is 6.72. The lowest BCUT2D eigenvalue weighted by atomic mass is 10.1. The van der Waals surface area contributed by atoms with E-state index in [1.165, 1.54) is 6.92 Å². The first-order valence-electron chi connectivity index (χ1n) is 9.45. The molecule has 13 heteroatoms. The number of aliphatic hydroxyl groups excluding tert-OH is 1. The van der Waals surface area contributed by atoms with E-state index in [4.69, 9.17) is 21.7 Å². The molecule has 0 bridgehead atoms. The molecule has 0 rings (SSSR count). The summed E-state index contributed by atoms with van der Waals surface area (Å²) in [4.78, 5) is 58.1. The van der Waals surface area contributed by atoms with Gasteiger partial charge in [0.2, 0.25) is 17.7 Å². The van der Waals surface area contributed by atoms with Crippen molar-refractivity contribution in [1.82, 2.24) is 16.0 Å². The van der Waals surface area contributed by atoms with Crippen molar-refractivity contribution in [3.8, 4) is 0 Å². The molecule has 13 nitrogen and oxygen atoms in total. The fourth-order valence-electron chi connectivity index (χ4n) is 2.38. The molecular weight excluding hydrogens is 402 g/mol. The predicted octanol–water partition coefficient (Wildman–Crippen LogP) is -3.14. The molecule has 0 aromatic rings. The molecule has 30 heavy (non-hydrogen) atoms. The van der Waals surface area contributed by atoms with Crippen LogP contribution in [0.25, 0.3) is 0 Å². The van der Waals surface area contributed by atoms with Crippen molar-refractivity contribution in [3.63, 3.8) is 0 Å². The van der Waals surface area contributed by atoms with E-state index in [9.17, 15) is 29.1 Å².